The number of hydrogen-bond acceptors (Lipinski definition) is 3. The van der Waals surface area contributed by atoms with E-state index >= 15 is 0 Å². The van der Waals surface area contributed by atoms with Crippen molar-refractivity contribution in [1.29, 1.82) is 0 Å². The van der Waals surface area contributed by atoms with Crippen LogP contribution in [0, 0.1) is 0 Å². The predicted octanol–water partition coefficient (Wildman–Crippen LogP) is 1.71. The highest BCUT2D eigenvalue weighted by Crippen LogP contribution is 2.15. The molecule has 0 radical (unpaired) electrons. The van der Waals surface area contributed by atoms with Crippen molar-refractivity contribution in [3.8, 4) is 0 Å². The molecule has 1 aliphatic rings. The first-order valence-corrected chi connectivity index (χ1v) is 7.35. The van der Waals surface area contributed by atoms with Gasteiger partial charge in [0, 0.05) is 32.8 Å². The second-order valence-corrected chi connectivity index (χ2v) is 5.28. The Morgan fingerprint density at radius 1 is 1.21 bits per heavy atom. The summed E-state index contributed by atoms with van der Waals surface area (Å²) in [5.74, 6) is 0. The van der Waals surface area contributed by atoms with Crippen LogP contribution in [-0.2, 0) is 17.6 Å². The molecule has 3 nitrogen and oxygen atoms in total. The van der Waals surface area contributed by atoms with Crippen molar-refractivity contribution in [1.82, 2.24) is 10.2 Å². The maximum absolute atomic E-state index is 5.30. The van der Waals surface area contributed by atoms with Gasteiger partial charge in [-0.1, -0.05) is 31.2 Å². The number of fused-ring (bicyclic) bond motifs is 1. The first-order chi connectivity index (χ1) is 9.33. The lowest BCUT2D eigenvalue weighted by molar-refractivity contribution is 0.140. The third kappa shape index (κ3) is 4.30. The molecule has 3 heteroatoms. The fraction of sp³-hybridized carbons (Fsp3) is 0.625. The Bertz CT molecular complexity index is 348. The number of nitrogens with zero attached hydrogens (tertiary/aromatic N) is 1. The van der Waals surface area contributed by atoms with Crippen LogP contribution in [0.2, 0.25) is 0 Å². The number of methoxy groups -OCH3 is 1. The van der Waals surface area contributed by atoms with Crippen molar-refractivity contribution in [3.05, 3.63) is 35.4 Å². The summed E-state index contributed by atoms with van der Waals surface area (Å²) >= 11 is 0. The topological polar surface area (TPSA) is 24.5 Å². The Hall–Kier alpha value is -0.900. The molecule has 1 N–H and O–H groups in total. The Balaban J connectivity index is 1.90. The molecule has 1 atom stereocenters. The standard InChI is InChI=1S/C16H26N2O/c1-3-17-16(13-19-2)12-18-10-8-14-6-4-5-7-15(14)9-11-18/h4-7,16-17H,3,8-13H2,1-2H3. The van der Waals surface area contributed by atoms with Crippen LogP contribution in [0.1, 0.15) is 18.1 Å². The molecule has 0 saturated heterocycles. The van der Waals surface area contributed by atoms with Crippen LogP contribution in [0.3, 0.4) is 0 Å². The predicted molar refractivity (Wildman–Crippen MR) is 79.6 cm³/mol. The van der Waals surface area contributed by atoms with Crippen molar-refractivity contribution >= 4 is 0 Å². The summed E-state index contributed by atoms with van der Waals surface area (Å²) < 4.78 is 5.30. The maximum atomic E-state index is 5.30. The second kappa shape index (κ2) is 7.63. The molecule has 19 heavy (non-hydrogen) atoms. The van der Waals surface area contributed by atoms with Crippen molar-refractivity contribution < 1.29 is 4.74 Å². The quantitative estimate of drug-likeness (QED) is 0.845. The molecular formula is C16H26N2O. The molecule has 106 valence electrons. The normalized spacial score (nSPS) is 17.8. The molecule has 0 fully saturated rings. The third-order valence-corrected chi connectivity index (χ3v) is 3.85. The molecule has 1 unspecified atom stereocenters. The summed E-state index contributed by atoms with van der Waals surface area (Å²) in [6, 6.07) is 9.30. The van der Waals surface area contributed by atoms with Crippen LogP contribution < -0.4 is 5.32 Å². The van der Waals surface area contributed by atoms with Gasteiger partial charge in [0.15, 0.2) is 0 Å². The van der Waals surface area contributed by atoms with E-state index in [-0.39, 0.29) is 0 Å². The molecule has 1 heterocycles. The van der Waals surface area contributed by atoms with E-state index < -0.39 is 0 Å². The molecule has 0 bridgehead atoms. The van der Waals surface area contributed by atoms with Crippen molar-refractivity contribution in [2.24, 2.45) is 0 Å². The second-order valence-electron chi connectivity index (χ2n) is 5.28. The van der Waals surface area contributed by atoms with Gasteiger partial charge in [0.05, 0.1) is 6.61 Å². The number of likely N-dealkylation sites (N-methyl/N-ethyl adjacent to an activating group) is 1. The summed E-state index contributed by atoms with van der Waals surface area (Å²) in [4.78, 5) is 2.56. The summed E-state index contributed by atoms with van der Waals surface area (Å²) in [6.07, 6.45) is 2.34. The van der Waals surface area contributed by atoms with Crippen LogP contribution in [-0.4, -0.2) is 50.8 Å². The van der Waals surface area contributed by atoms with Gasteiger partial charge in [-0.2, -0.15) is 0 Å². The number of ether oxygens (including phenoxy) is 1. The van der Waals surface area contributed by atoms with Gasteiger partial charge in [0.2, 0.25) is 0 Å². The zero-order chi connectivity index (χ0) is 13.5. The van der Waals surface area contributed by atoms with Gasteiger partial charge < -0.3 is 15.0 Å². The van der Waals surface area contributed by atoms with Crippen LogP contribution in [0.5, 0.6) is 0 Å². The minimum atomic E-state index is 0.441. The molecule has 1 aliphatic heterocycles. The highest BCUT2D eigenvalue weighted by atomic mass is 16.5. The fourth-order valence-corrected chi connectivity index (χ4v) is 2.87. The third-order valence-electron chi connectivity index (χ3n) is 3.85. The SMILES string of the molecule is CCNC(COC)CN1CCc2ccccc2CC1. The zero-order valence-corrected chi connectivity index (χ0v) is 12.2. The summed E-state index contributed by atoms with van der Waals surface area (Å²) in [6.45, 7) is 7.33. The minimum absolute atomic E-state index is 0.441. The van der Waals surface area contributed by atoms with Gasteiger partial charge in [-0.3, -0.25) is 0 Å². The zero-order valence-electron chi connectivity index (χ0n) is 12.2. The average Bonchev–Trinajstić information content (AvgIpc) is 2.62. The molecule has 1 aromatic carbocycles. The first-order valence-electron chi connectivity index (χ1n) is 7.35. The monoisotopic (exact) mass is 262 g/mol. The van der Waals surface area contributed by atoms with Crippen molar-refractivity contribution in [2.75, 3.05) is 39.9 Å². The minimum Gasteiger partial charge on any atom is -0.383 e. The summed E-state index contributed by atoms with van der Waals surface area (Å²) in [5, 5.41) is 3.51. The van der Waals surface area contributed by atoms with E-state index in [0.717, 1.165) is 32.8 Å². The van der Waals surface area contributed by atoms with E-state index in [4.69, 9.17) is 4.74 Å². The number of rotatable bonds is 6. The fourth-order valence-electron chi connectivity index (χ4n) is 2.87. The number of hydrogen-bond donors (Lipinski definition) is 1. The lowest BCUT2D eigenvalue weighted by Crippen LogP contribution is -2.44. The van der Waals surface area contributed by atoms with Crippen LogP contribution in [0.4, 0.5) is 0 Å². The Morgan fingerprint density at radius 2 is 1.84 bits per heavy atom. The van der Waals surface area contributed by atoms with E-state index in [0.29, 0.717) is 6.04 Å². The van der Waals surface area contributed by atoms with Gasteiger partial charge in [0.1, 0.15) is 0 Å². The molecule has 0 saturated carbocycles. The largest absolute Gasteiger partial charge is 0.383 e. The van der Waals surface area contributed by atoms with Gasteiger partial charge in [0.25, 0.3) is 0 Å². The van der Waals surface area contributed by atoms with E-state index in [1.807, 2.05) is 0 Å². The van der Waals surface area contributed by atoms with Crippen molar-refractivity contribution in [2.45, 2.75) is 25.8 Å². The molecule has 1 aromatic rings. The van der Waals surface area contributed by atoms with Crippen LogP contribution >= 0.6 is 0 Å². The molecule has 2 rings (SSSR count). The van der Waals surface area contributed by atoms with E-state index in [1.54, 1.807) is 7.11 Å². The Labute approximate surface area is 116 Å². The van der Waals surface area contributed by atoms with Crippen LogP contribution in [0.25, 0.3) is 0 Å². The summed E-state index contributed by atoms with van der Waals surface area (Å²) in [5.41, 5.74) is 3.05. The first kappa shape index (κ1) is 14.5. The van der Waals surface area contributed by atoms with Gasteiger partial charge in [-0.05, 0) is 30.5 Å². The smallest absolute Gasteiger partial charge is 0.0628 e. The van der Waals surface area contributed by atoms with Crippen LogP contribution in [0.15, 0.2) is 24.3 Å². The maximum Gasteiger partial charge on any atom is 0.0628 e. The molecule has 0 aliphatic carbocycles. The van der Waals surface area contributed by atoms with Gasteiger partial charge in [-0.15, -0.1) is 0 Å². The highest BCUT2D eigenvalue weighted by molar-refractivity contribution is 5.28. The lowest BCUT2D eigenvalue weighted by Gasteiger charge is -2.26. The Kier molecular flexibility index (Phi) is 5.83. The molecule has 0 amide bonds. The van der Waals surface area contributed by atoms with E-state index in [9.17, 15) is 0 Å². The molecule has 0 aromatic heterocycles. The van der Waals surface area contributed by atoms with Gasteiger partial charge >= 0.3 is 0 Å². The number of benzene rings is 1. The summed E-state index contributed by atoms with van der Waals surface area (Å²) in [7, 11) is 1.78. The molecule has 0 spiro atoms. The van der Waals surface area contributed by atoms with Gasteiger partial charge in [-0.25, -0.2) is 0 Å². The van der Waals surface area contributed by atoms with Crippen molar-refractivity contribution in [3.63, 3.8) is 0 Å². The van der Waals surface area contributed by atoms with E-state index in [1.165, 1.54) is 24.0 Å². The van der Waals surface area contributed by atoms with E-state index in [2.05, 4.69) is 41.4 Å². The average molecular weight is 262 g/mol. The Morgan fingerprint density at radius 3 is 2.37 bits per heavy atom. The number of nitrogens with one attached hydrogen (secondary N) is 1. The lowest BCUT2D eigenvalue weighted by atomic mass is 10.0. The molecular weight excluding hydrogens is 236 g/mol. The highest BCUT2D eigenvalue weighted by Gasteiger charge is 2.17.